The van der Waals surface area contributed by atoms with Gasteiger partial charge >= 0.3 is 0 Å². The summed E-state index contributed by atoms with van der Waals surface area (Å²) in [6.45, 7) is 1.75. The van der Waals surface area contributed by atoms with E-state index in [9.17, 15) is 0 Å². The van der Waals surface area contributed by atoms with Crippen molar-refractivity contribution in [2.75, 3.05) is 20.2 Å². The van der Waals surface area contributed by atoms with E-state index in [4.69, 9.17) is 4.74 Å². The van der Waals surface area contributed by atoms with E-state index in [1.54, 1.807) is 0 Å². The van der Waals surface area contributed by atoms with Crippen molar-refractivity contribution in [3.05, 3.63) is 35.8 Å². The van der Waals surface area contributed by atoms with Crippen molar-refractivity contribution in [3.8, 4) is 17.0 Å². The minimum atomic E-state index is 0.803. The maximum absolute atomic E-state index is 5.55. The van der Waals surface area contributed by atoms with Crippen LogP contribution in [0.15, 0.2) is 24.4 Å². The third-order valence-electron chi connectivity index (χ3n) is 3.67. The summed E-state index contributed by atoms with van der Waals surface area (Å²) in [6, 6.07) is 6.40. The molecule has 2 aromatic rings. The second-order valence-corrected chi connectivity index (χ2v) is 4.89. The number of benzene rings is 1. The normalized spacial score (nSPS) is 13.4. The summed E-state index contributed by atoms with van der Waals surface area (Å²) >= 11 is 0. The van der Waals surface area contributed by atoms with Gasteiger partial charge in [0.1, 0.15) is 11.6 Å². The van der Waals surface area contributed by atoms with Gasteiger partial charge in [0.2, 0.25) is 0 Å². The summed E-state index contributed by atoms with van der Waals surface area (Å²) < 4.78 is 7.72. The van der Waals surface area contributed by atoms with Gasteiger partial charge in [0, 0.05) is 32.0 Å². The highest BCUT2D eigenvalue weighted by Crippen LogP contribution is 2.30. The van der Waals surface area contributed by atoms with E-state index in [2.05, 4.69) is 40.1 Å². The summed E-state index contributed by atoms with van der Waals surface area (Å²) in [5.74, 6) is 2.14. The number of ether oxygens (including phenoxy) is 1. The van der Waals surface area contributed by atoms with Gasteiger partial charge in [-0.3, -0.25) is 0 Å². The van der Waals surface area contributed by atoms with E-state index in [0.717, 1.165) is 37.6 Å². The molecule has 19 heavy (non-hydrogen) atoms. The number of nitrogens with zero attached hydrogens (tertiary/aromatic N) is 2. The molecule has 1 aromatic heterocycles. The van der Waals surface area contributed by atoms with Crippen molar-refractivity contribution in [1.82, 2.24) is 14.9 Å². The Labute approximate surface area is 113 Å². The monoisotopic (exact) mass is 257 g/mol. The van der Waals surface area contributed by atoms with E-state index in [0.29, 0.717) is 0 Å². The average Bonchev–Trinajstić information content (AvgIpc) is 3.02. The fraction of sp³-hybridized carbons (Fsp3) is 0.400. The molecule has 0 fully saturated rings. The number of rotatable bonds is 4. The maximum Gasteiger partial charge on any atom is 0.122 e. The summed E-state index contributed by atoms with van der Waals surface area (Å²) in [4.78, 5) is 4.51. The lowest BCUT2D eigenvalue weighted by Crippen LogP contribution is -2.13. The first-order valence-electron chi connectivity index (χ1n) is 6.71. The molecule has 0 unspecified atom stereocenters. The Hall–Kier alpha value is -1.81. The van der Waals surface area contributed by atoms with Crippen LogP contribution < -0.4 is 10.1 Å². The summed E-state index contributed by atoms with van der Waals surface area (Å²) in [7, 11) is 4.04. The molecule has 0 saturated carbocycles. The quantitative estimate of drug-likeness (QED) is 0.907. The van der Waals surface area contributed by atoms with Crippen LogP contribution in [-0.4, -0.2) is 29.8 Å². The van der Waals surface area contributed by atoms with Gasteiger partial charge in [-0.2, -0.15) is 0 Å². The number of nitrogens with one attached hydrogen (secondary N) is 1. The van der Waals surface area contributed by atoms with Crippen molar-refractivity contribution >= 4 is 0 Å². The highest BCUT2D eigenvalue weighted by atomic mass is 16.5. The summed E-state index contributed by atoms with van der Waals surface area (Å²) in [5.41, 5.74) is 3.69. The van der Waals surface area contributed by atoms with Crippen molar-refractivity contribution in [2.45, 2.75) is 12.8 Å². The molecular weight excluding hydrogens is 238 g/mol. The third kappa shape index (κ3) is 2.24. The second kappa shape index (κ2) is 5.05. The molecule has 0 amide bonds. The Kier molecular flexibility index (Phi) is 3.25. The molecule has 1 aromatic carbocycles. The Bertz CT molecular complexity index is 589. The van der Waals surface area contributed by atoms with E-state index in [1.165, 1.54) is 16.8 Å². The van der Waals surface area contributed by atoms with Crippen LogP contribution in [0.1, 0.15) is 11.4 Å². The average molecular weight is 257 g/mol. The van der Waals surface area contributed by atoms with Crippen molar-refractivity contribution in [3.63, 3.8) is 0 Å². The fourth-order valence-corrected chi connectivity index (χ4v) is 2.53. The molecule has 1 aliphatic rings. The summed E-state index contributed by atoms with van der Waals surface area (Å²) in [5, 5.41) is 3.16. The first-order valence-corrected chi connectivity index (χ1v) is 6.71. The van der Waals surface area contributed by atoms with Gasteiger partial charge in [-0.15, -0.1) is 0 Å². The predicted octanol–water partition coefficient (Wildman–Crippen LogP) is 1.78. The van der Waals surface area contributed by atoms with Gasteiger partial charge in [0.05, 0.1) is 18.5 Å². The highest BCUT2D eigenvalue weighted by molar-refractivity contribution is 5.63. The van der Waals surface area contributed by atoms with Crippen LogP contribution in [0.3, 0.4) is 0 Å². The number of hydrogen-bond donors (Lipinski definition) is 1. The molecule has 1 N–H and O–H groups in total. The van der Waals surface area contributed by atoms with Crippen LogP contribution in [0.4, 0.5) is 0 Å². The van der Waals surface area contributed by atoms with Gasteiger partial charge in [-0.25, -0.2) is 4.98 Å². The van der Waals surface area contributed by atoms with Gasteiger partial charge in [0.25, 0.3) is 0 Å². The molecule has 2 heterocycles. The second-order valence-electron chi connectivity index (χ2n) is 4.89. The Morgan fingerprint density at radius 3 is 3.16 bits per heavy atom. The molecule has 0 radical (unpaired) electrons. The lowest BCUT2D eigenvalue weighted by atomic mass is 10.1. The molecule has 0 aliphatic carbocycles. The first kappa shape index (κ1) is 12.2. The zero-order valence-electron chi connectivity index (χ0n) is 11.4. The van der Waals surface area contributed by atoms with Crippen molar-refractivity contribution in [1.29, 1.82) is 0 Å². The Morgan fingerprint density at radius 2 is 2.32 bits per heavy atom. The van der Waals surface area contributed by atoms with Crippen LogP contribution in [0, 0.1) is 0 Å². The fourth-order valence-electron chi connectivity index (χ4n) is 2.53. The van der Waals surface area contributed by atoms with Gasteiger partial charge in [-0.1, -0.05) is 0 Å². The molecule has 3 rings (SSSR count). The van der Waals surface area contributed by atoms with Crippen LogP contribution in [0.2, 0.25) is 0 Å². The zero-order chi connectivity index (χ0) is 13.2. The Balaban J connectivity index is 1.92. The predicted molar refractivity (Wildman–Crippen MR) is 75.5 cm³/mol. The smallest absolute Gasteiger partial charge is 0.122 e. The molecule has 4 heteroatoms. The topological polar surface area (TPSA) is 39.1 Å². The molecular formula is C15H19N3O. The lowest BCUT2D eigenvalue weighted by Gasteiger charge is -2.07. The van der Waals surface area contributed by atoms with Crippen molar-refractivity contribution < 1.29 is 4.74 Å². The third-order valence-corrected chi connectivity index (χ3v) is 3.67. The number of aromatic nitrogens is 2. The van der Waals surface area contributed by atoms with E-state index >= 15 is 0 Å². The van der Waals surface area contributed by atoms with E-state index in [-0.39, 0.29) is 0 Å². The largest absolute Gasteiger partial charge is 0.493 e. The highest BCUT2D eigenvalue weighted by Gasteiger charge is 2.14. The maximum atomic E-state index is 5.55. The van der Waals surface area contributed by atoms with Crippen LogP contribution in [0.5, 0.6) is 5.75 Å². The van der Waals surface area contributed by atoms with Crippen LogP contribution in [0.25, 0.3) is 11.3 Å². The standard InChI is InChI=1S/C15H19N3O/c1-16-7-5-15-17-10-13(18(15)2)11-3-4-14-12(9-11)6-8-19-14/h3-4,9-10,16H,5-8H2,1-2H3. The van der Waals surface area contributed by atoms with Crippen molar-refractivity contribution in [2.24, 2.45) is 7.05 Å². The molecule has 0 atom stereocenters. The number of fused-ring (bicyclic) bond motifs is 1. The minimum absolute atomic E-state index is 0.803. The van der Waals surface area contributed by atoms with E-state index < -0.39 is 0 Å². The number of likely N-dealkylation sites (N-methyl/N-ethyl adjacent to an activating group) is 1. The molecule has 0 saturated heterocycles. The number of imidazole rings is 1. The molecule has 1 aliphatic heterocycles. The molecule has 4 nitrogen and oxygen atoms in total. The summed E-state index contributed by atoms with van der Waals surface area (Å²) in [6.07, 6.45) is 3.91. The first-order chi connectivity index (χ1) is 9.29. The molecule has 100 valence electrons. The Morgan fingerprint density at radius 1 is 1.42 bits per heavy atom. The minimum Gasteiger partial charge on any atom is -0.493 e. The lowest BCUT2D eigenvalue weighted by molar-refractivity contribution is 0.357. The van der Waals surface area contributed by atoms with E-state index in [1.807, 2.05) is 13.2 Å². The van der Waals surface area contributed by atoms with Gasteiger partial charge < -0.3 is 14.6 Å². The zero-order valence-corrected chi connectivity index (χ0v) is 11.4. The van der Waals surface area contributed by atoms with Crippen LogP contribution >= 0.6 is 0 Å². The SMILES string of the molecule is CNCCc1ncc(-c2ccc3c(c2)CCO3)n1C. The molecule has 0 bridgehead atoms. The number of hydrogen-bond acceptors (Lipinski definition) is 3. The van der Waals surface area contributed by atoms with Gasteiger partial charge in [0.15, 0.2) is 0 Å². The van der Waals surface area contributed by atoms with Gasteiger partial charge in [-0.05, 0) is 30.8 Å². The molecule has 0 spiro atoms. The van der Waals surface area contributed by atoms with Crippen LogP contribution in [-0.2, 0) is 19.9 Å².